The van der Waals surface area contributed by atoms with Gasteiger partial charge in [-0.05, 0) is 29.8 Å². The molecule has 0 bridgehead atoms. The highest BCUT2D eigenvalue weighted by atomic mass is 16.5. The van der Waals surface area contributed by atoms with Crippen LogP contribution in [0.5, 0.6) is 5.75 Å². The lowest BCUT2D eigenvalue weighted by Crippen LogP contribution is -2.43. The molecule has 0 radical (unpaired) electrons. The van der Waals surface area contributed by atoms with Crippen LogP contribution in [-0.4, -0.2) is 54.1 Å². The van der Waals surface area contributed by atoms with Crippen molar-refractivity contribution in [3.05, 3.63) is 66.2 Å². The van der Waals surface area contributed by atoms with Crippen LogP contribution in [0.25, 0.3) is 0 Å². The number of carbonyl (C=O) groups is 1. The zero-order valence-electron chi connectivity index (χ0n) is 17.3. The number of benzene rings is 1. The minimum absolute atomic E-state index is 0.276. The van der Waals surface area contributed by atoms with Crippen molar-refractivity contribution in [3.63, 3.8) is 0 Å². The molecule has 0 atom stereocenters. The zero-order valence-corrected chi connectivity index (χ0v) is 17.3. The molecule has 1 aliphatic heterocycles. The van der Waals surface area contributed by atoms with Crippen molar-refractivity contribution in [2.24, 2.45) is 0 Å². The molecule has 1 aromatic carbocycles. The van der Waals surface area contributed by atoms with Gasteiger partial charge in [0, 0.05) is 45.1 Å². The number of rotatable bonds is 7. The fraction of sp³-hybridized carbons (Fsp3) is 0.273. The number of carbonyl (C=O) groups excluding carboxylic acids is 1. The smallest absolute Gasteiger partial charge is 0.274 e. The molecule has 2 aromatic heterocycles. The molecule has 0 unspecified atom stereocenters. The number of anilines is 3. The predicted octanol–water partition coefficient (Wildman–Crippen LogP) is 2.15. The van der Waals surface area contributed by atoms with E-state index in [0.29, 0.717) is 18.2 Å². The summed E-state index contributed by atoms with van der Waals surface area (Å²) in [6, 6.07) is 11.2. The highest BCUT2D eigenvalue weighted by Crippen LogP contribution is 2.25. The number of hydrogen-bond donors (Lipinski definition) is 3. The molecule has 9 nitrogen and oxygen atoms in total. The van der Waals surface area contributed by atoms with Crippen LogP contribution in [0.3, 0.4) is 0 Å². The van der Waals surface area contributed by atoms with Crippen LogP contribution in [-0.2, 0) is 6.54 Å². The predicted molar refractivity (Wildman–Crippen MR) is 120 cm³/mol. The third-order valence-electron chi connectivity index (χ3n) is 4.98. The molecule has 0 aliphatic carbocycles. The van der Waals surface area contributed by atoms with E-state index in [2.05, 4.69) is 35.8 Å². The molecule has 1 fully saturated rings. The number of nitrogens with one attached hydrogen (secondary N) is 3. The Hall–Kier alpha value is -3.72. The van der Waals surface area contributed by atoms with Crippen molar-refractivity contribution in [1.29, 1.82) is 0 Å². The Labute approximate surface area is 180 Å². The van der Waals surface area contributed by atoms with E-state index >= 15 is 0 Å². The van der Waals surface area contributed by atoms with E-state index in [1.807, 2.05) is 30.3 Å². The maximum Gasteiger partial charge on any atom is 0.274 e. The molecule has 0 spiro atoms. The van der Waals surface area contributed by atoms with Gasteiger partial charge in [0.05, 0.1) is 24.7 Å². The molecule has 160 valence electrons. The van der Waals surface area contributed by atoms with Crippen LogP contribution in [0, 0.1) is 0 Å². The highest BCUT2D eigenvalue weighted by Gasteiger charge is 2.17. The van der Waals surface area contributed by atoms with E-state index in [1.165, 1.54) is 0 Å². The first kappa shape index (κ1) is 20.5. The van der Waals surface area contributed by atoms with Gasteiger partial charge in [-0.1, -0.05) is 12.1 Å². The lowest BCUT2D eigenvalue weighted by Gasteiger charge is -2.30. The van der Waals surface area contributed by atoms with E-state index in [1.54, 1.807) is 31.8 Å². The highest BCUT2D eigenvalue weighted by molar-refractivity contribution is 6.04. The zero-order chi connectivity index (χ0) is 21.5. The monoisotopic (exact) mass is 419 g/mol. The Morgan fingerprint density at radius 2 is 2.06 bits per heavy atom. The number of hydrogen-bond acceptors (Lipinski definition) is 8. The first-order chi connectivity index (χ1) is 15.2. The van der Waals surface area contributed by atoms with Gasteiger partial charge in [0.15, 0.2) is 0 Å². The molecular formula is C22H25N7O2. The minimum Gasteiger partial charge on any atom is -0.497 e. The summed E-state index contributed by atoms with van der Waals surface area (Å²) in [5, 5.41) is 9.42. The Morgan fingerprint density at radius 3 is 2.90 bits per heavy atom. The van der Waals surface area contributed by atoms with Crippen molar-refractivity contribution in [3.8, 4) is 5.75 Å². The van der Waals surface area contributed by atoms with Gasteiger partial charge >= 0.3 is 0 Å². The van der Waals surface area contributed by atoms with Crippen LogP contribution in [0.15, 0.2) is 55.0 Å². The fourth-order valence-corrected chi connectivity index (χ4v) is 3.39. The molecule has 3 heterocycles. The van der Waals surface area contributed by atoms with Gasteiger partial charge in [-0.3, -0.25) is 9.78 Å². The summed E-state index contributed by atoms with van der Waals surface area (Å²) in [7, 11) is 1.63. The maximum atomic E-state index is 12.9. The summed E-state index contributed by atoms with van der Waals surface area (Å²) in [6.07, 6.45) is 4.97. The van der Waals surface area contributed by atoms with Gasteiger partial charge in [0.2, 0.25) is 5.95 Å². The molecule has 4 rings (SSSR count). The number of pyridine rings is 1. The second-order valence-corrected chi connectivity index (χ2v) is 7.05. The topological polar surface area (TPSA) is 104 Å². The lowest BCUT2D eigenvalue weighted by atomic mass is 10.2. The van der Waals surface area contributed by atoms with Gasteiger partial charge in [-0.2, -0.15) is 0 Å². The molecule has 1 aliphatic rings. The third-order valence-corrected chi connectivity index (χ3v) is 4.98. The van der Waals surface area contributed by atoms with Crippen LogP contribution in [0.2, 0.25) is 0 Å². The average molecular weight is 419 g/mol. The molecule has 1 amide bonds. The van der Waals surface area contributed by atoms with Gasteiger partial charge in [-0.15, -0.1) is 0 Å². The lowest BCUT2D eigenvalue weighted by molar-refractivity contribution is 0.102. The van der Waals surface area contributed by atoms with E-state index in [0.717, 1.165) is 43.2 Å². The van der Waals surface area contributed by atoms with Crippen LogP contribution >= 0.6 is 0 Å². The summed E-state index contributed by atoms with van der Waals surface area (Å²) in [6.45, 7) is 4.07. The average Bonchev–Trinajstić information content (AvgIpc) is 2.84. The maximum absolute atomic E-state index is 12.9. The Morgan fingerprint density at radius 1 is 1.19 bits per heavy atom. The summed E-state index contributed by atoms with van der Waals surface area (Å²) in [5.41, 5.74) is 2.92. The summed E-state index contributed by atoms with van der Waals surface area (Å²) in [5.74, 6) is 0.852. The first-order valence-electron chi connectivity index (χ1n) is 10.1. The van der Waals surface area contributed by atoms with Crippen molar-refractivity contribution >= 4 is 23.2 Å². The number of piperazine rings is 1. The Balaban J connectivity index is 1.44. The van der Waals surface area contributed by atoms with Gasteiger partial charge in [0.25, 0.3) is 5.91 Å². The van der Waals surface area contributed by atoms with Crippen molar-refractivity contribution in [2.45, 2.75) is 6.54 Å². The molecule has 3 aromatic rings. The second-order valence-electron chi connectivity index (χ2n) is 7.05. The summed E-state index contributed by atoms with van der Waals surface area (Å²) in [4.78, 5) is 27.8. The number of ether oxygens (including phenoxy) is 1. The summed E-state index contributed by atoms with van der Waals surface area (Å²) < 4.78 is 5.24. The van der Waals surface area contributed by atoms with E-state index < -0.39 is 0 Å². The Bertz CT molecular complexity index is 1040. The first-order valence-corrected chi connectivity index (χ1v) is 10.1. The van der Waals surface area contributed by atoms with Gasteiger partial charge < -0.3 is 25.6 Å². The van der Waals surface area contributed by atoms with Gasteiger partial charge in [0.1, 0.15) is 11.4 Å². The SMILES string of the molecule is COc1cccc(CNc2nccc(C(=O)Nc3cnccc3N3CCNCC3)n2)c1. The standard InChI is InChI=1S/C22H25N7O2/c1-31-17-4-2-3-16(13-17)14-26-22-25-8-5-18(28-22)21(30)27-19-15-24-7-6-20(19)29-11-9-23-10-12-29/h2-8,13,15,23H,9-12,14H2,1H3,(H,27,30)(H,25,26,28). The molecular weight excluding hydrogens is 394 g/mol. The van der Waals surface area contributed by atoms with Crippen molar-refractivity contribution in [1.82, 2.24) is 20.3 Å². The van der Waals surface area contributed by atoms with E-state index in [4.69, 9.17) is 4.74 Å². The third kappa shape index (κ3) is 5.26. The van der Waals surface area contributed by atoms with Crippen molar-refractivity contribution in [2.75, 3.05) is 48.8 Å². The summed E-state index contributed by atoms with van der Waals surface area (Å²) >= 11 is 0. The van der Waals surface area contributed by atoms with Crippen LogP contribution in [0.1, 0.15) is 16.1 Å². The fourth-order valence-electron chi connectivity index (χ4n) is 3.39. The molecule has 3 N–H and O–H groups in total. The molecule has 1 saturated heterocycles. The van der Waals surface area contributed by atoms with Crippen molar-refractivity contribution < 1.29 is 9.53 Å². The number of nitrogens with zero attached hydrogens (tertiary/aromatic N) is 4. The van der Waals surface area contributed by atoms with Crippen LogP contribution < -0.4 is 25.6 Å². The van der Waals surface area contributed by atoms with Crippen LogP contribution in [0.4, 0.5) is 17.3 Å². The number of aromatic nitrogens is 3. The largest absolute Gasteiger partial charge is 0.497 e. The Kier molecular flexibility index (Phi) is 6.53. The number of methoxy groups -OCH3 is 1. The minimum atomic E-state index is -0.309. The quantitative estimate of drug-likeness (QED) is 0.535. The van der Waals surface area contributed by atoms with E-state index in [-0.39, 0.29) is 11.6 Å². The molecule has 0 saturated carbocycles. The van der Waals surface area contributed by atoms with E-state index in [9.17, 15) is 4.79 Å². The normalized spacial score (nSPS) is 13.5. The second kappa shape index (κ2) is 9.86. The molecule has 9 heteroatoms. The molecule has 31 heavy (non-hydrogen) atoms. The number of amides is 1. The van der Waals surface area contributed by atoms with Gasteiger partial charge in [-0.25, -0.2) is 9.97 Å².